The van der Waals surface area contributed by atoms with Gasteiger partial charge in [0, 0.05) is 27.9 Å². The molecule has 7 nitrogen and oxygen atoms in total. The predicted octanol–water partition coefficient (Wildman–Crippen LogP) is 5.46. The molecule has 0 unspecified atom stereocenters. The molecule has 8 heteroatoms. The number of nitrogens with one attached hydrogen (secondary N) is 1. The molecule has 2 heterocycles. The second-order valence-corrected chi connectivity index (χ2v) is 9.10. The Morgan fingerprint density at radius 2 is 1.58 bits per heavy atom. The molecule has 0 amide bonds. The Bertz CT molecular complexity index is 1320. The van der Waals surface area contributed by atoms with Gasteiger partial charge >= 0.3 is 11.9 Å². The van der Waals surface area contributed by atoms with Crippen molar-refractivity contribution in [3.63, 3.8) is 0 Å². The molecule has 36 heavy (non-hydrogen) atoms. The number of ether oxygens (including phenoxy) is 3. The molecule has 0 saturated heterocycles. The Labute approximate surface area is 214 Å². The van der Waals surface area contributed by atoms with Crippen molar-refractivity contribution in [1.82, 2.24) is 10.3 Å². The van der Waals surface area contributed by atoms with Gasteiger partial charge in [-0.3, -0.25) is 0 Å². The number of esters is 2. The first-order chi connectivity index (χ1) is 17.4. The van der Waals surface area contributed by atoms with E-state index in [1.165, 1.54) is 25.6 Å². The third-order valence-electron chi connectivity index (χ3n) is 6.00. The second-order valence-electron chi connectivity index (χ2n) is 8.24. The van der Waals surface area contributed by atoms with E-state index in [0.717, 1.165) is 33.1 Å². The van der Waals surface area contributed by atoms with Gasteiger partial charge in [0.25, 0.3) is 0 Å². The van der Waals surface area contributed by atoms with Crippen molar-refractivity contribution in [1.29, 1.82) is 0 Å². The van der Waals surface area contributed by atoms with Gasteiger partial charge in [-0.2, -0.15) is 0 Å². The van der Waals surface area contributed by atoms with E-state index in [1.807, 2.05) is 60.8 Å². The molecule has 186 valence electrons. The van der Waals surface area contributed by atoms with Crippen LogP contribution in [0.2, 0.25) is 0 Å². The molecule has 1 aromatic heterocycles. The van der Waals surface area contributed by atoms with Crippen molar-refractivity contribution in [2.75, 3.05) is 20.8 Å². The van der Waals surface area contributed by atoms with Gasteiger partial charge in [-0.05, 0) is 56.7 Å². The molecule has 2 aromatic carbocycles. The van der Waals surface area contributed by atoms with E-state index >= 15 is 0 Å². The van der Waals surface area contributed by atoms with Gasteiger partial charge in [0.15, 0.2) is 0 Å². The average Bonchev–Trinajstić information content (AvgIpc) is 3.38. The number of nitrogens with zero attached hydrogens (tertiary/aromatic N) is 1. The molecule has 0 atom stereocenters. The molecule has 1 aliphatic rings. The normalized spacial score (nSPS) is 13.9. The topological polar surface area (TPSA) is 86.8 Å². The second kappa shape index (κ2) is 10.8. The van der Waals surface area contributed by atoms with E-state index in [4.69, 9.17) is 19.2 Å². The summed E-state index contributed by atoms with van der Waals surface area (Å²) in [4.78, 5) is 30.4. The summed E-state index contributed by atoms with van der Waals surface area (Å²) in [5.74, 6) is -0.829. The van der Waals surface area contributed by atoms with Crippen LogP contribution in [0.15, 0.2) is 76.5 Å². The van der Waals surface area contributed by atoms with Crippen LogP contribution in [0.25, 0.3) is 21.8 Å². The lowest BCUT2D eigenvalue weighted by Gasteiger charge is -2.30. The van der Waals surface area contributed by atoms with Crippen LogP contribution in [0, 0.1) is 0 Å². The van der Waals surface area contributed by atoms with Crippen molar-refractivity contribution in [2.24, 2.45) is 0 Å². The van der Waals surface area contributed by atoms with Crippen molar-refractivity contribution in [2.45, 2.75) is 26.7 Å². The first-order valence-corrected chi connectivity index (χ1v) is 12.4. The lowest BCUT2D eigenvalue weighted by molar-refractivity contribution is -0.137. The smallest absolute Gasteiger partial charge is 0.336 e. The zero-order chi connectivity index (χ0) is 25.8. The van der Waals surface area contributed by atoms with E-state index in [9.17, 15) is 9.59 Å². The number of carbonyl (C=O) groups excluding carboxylic acids is 2. The predicted molar refractivity (Wildman–Crippen MR) is 139 cm³/mol. The third kappa shape index (κ3) is 4.90. The fourth-order valence-electron chi connectivity index (χ4n) is 4.37. The monoisotopic (exact) mass is 504 g/mol. The maximum absolute atomic E-state index is 12.8. The lowest BCUT2D eigenvalue weighted by atomic mass is 9.80. The highest BCUT2D eigenvalue weighted by Crippen LogP contribution is 2.40. The van der Waals surface area contributed by atoms with Gasteiger partial charge in [-0.15, -0.1) is 11.3 Å². The molecule has 4 rings (SSSR count). The highest BCUT2D eigenvalue weighted by Gasteiger charge is 2.37. The Balaban J connectivity index is 1.74. The Kier molecular flexibility index (Phi) is 7.55. The quantitative estimate of drug-likeness (QED) is 0.428. The number of methoxy groups -OCH3 is 2. The minimum Gasteiger partial charge on any atom is -0.494 e. The van der Waals surface area contributed by atoms with Gasteiger partial charge < -0.3 is 19.5 Å². The molecular weight excluding hydrogens is 476 g/mol. The zero-order valence-corrected chi connectivity index (χ0v) is 21.7. The Morgan fingerprint density at radius 3 is 2.17 bits per heavy atom. The standard InChI is InChI=1S/C28H28N2O5S/c1-6-35-21-12-10-18(11-13-21)22-15-36-26(30-22)20-9-7-8-19(14-20)25-23(27(31)33-4)16(2)29-17(3)24(25)28(32)34-5/h7-15,25,29H,6H2,1-5H3. The molecule has 1 N–H and O–H groups in total. The molecule has 1 aliphatic heterocycles. The van der Waals surface area contributed by atoms with Crippen molar-refractivity contribution >= 4 is 23.3 Å². The van der Waals surface area contributed by atoms with Crippen LogP contribution in [0.3, 0.4) is 0 Å². The number of rotatable bonds is 7. The van der Waals surface area contributed by atoms with Gasteiger partial charge in [0.2, 0.25) is 0 Å². The third-order valence-corrected chi connectivity index (χ3v) is 6.89. The summed E-state index contributed by atoms with van der Waals surface area (Å²) in [7, 11) is 2.66. The summed E-state index contributed by atoms with van der Waals surface area (Å²) in [5.41, 5.74) is 5.52. The van der Waals surface area contributed by atoms with Crippen LogP contribution in [0.5, 0.6) is 5.75 Å². The first-order valence-electron chi connectivity index (χ1n) is 11.5. The zero-order valence-electron chi connectivity index (χ0n) is 20.9. The van der Waals surface area contributed by atoms with Crippen molar-refractivity contribution < 1.29 is 23.8 Å². The number of benzene rings is 2. The highest BCUT2D eigenvalue weighted by atomic mass is 32.1. The minimum atomic E-state index is -0.642. The largest absolute Gasteiger partial charge is 0.494 e. The fraction of sp³-hybridized carbons (Fsp3) is 0.250. The van der Waals surface area contributed by atoms with E-state index < -0.39 is 17.9 Å². The molecule has 3 aromatic rings. The SMILES string of the molecule is CCOc1ccc(-c2csc(-c3cccc(C4C(C(=O)OC)=C(C)NC(C)=C4C(=O)OC)c3)n2)cc1. The van der Waals surface area contributed by atoms with E-state index in [1.54, 1.807) is 13.8 Å². The maximum Gasteiger partial charge on any atom is 0.336 e. The van der Waals surface area contributed by atoms with E-state index in [-0.39, 0.29) is 0 Å². The number of carbonyl (C=O) groups is 2. The van der Waals surface area contributed by atoms with Crippen LogP contribution in [0.4, 0.5) is 0 Å². The average molecular weight is 505 g/mol. The highest BCUT2D eigenvalue weighted by molar-refractivity contribution is 7.13. The first kappa shape index (κ1) is 25.2. The van der Waals surface area contributed by atoms with Gasteiger partial charge in [-0.25, -0.2) is 14.6 Å². The van der Waals surface area contributed by atoms with Gasteiger partial charge in [0.1, 0.15) is 10.8 Å². The summed E-state index contributed by atoms with van der Waals surface area (Å²) in [5, 5.41) is 5.97. The number of hydrogen-bond donors (Lipinski definition) is 1. The van der Waals surface area contributed by atoms with Crippen LogP contribution >= 0.6 is 11.3 Å². The van der Waals surface area contributed by atoms with Crippen LogP contribution in [0.1, 0.15) is 32.3 Å². The Morgan fingerprint density at radius 1 is 0.944 bits per heavy atom. The number of thiazole rings is 1. The van der Waals surface area contributed by atoms with Crippen LogP contribution in [-0.2, 0) is 19.1 Å². The molecular formula is C28H28N2O5S. The van der Waals surface area contributed by atoms with Crippen LogP contribution < -0.4 is 10.1 Å². The number of aromatic nitrogens is 1. The molecule has 0 aliphatic carbocycles. The summed E-state index contributed by atoms with van der Waals surface area (Å²) >= 11 is 1.53. The summed E-state index contributed by atoms with van der Waals surface area (Å²) in [6.45, 7) is 6.16. The maximum atomic E-state index is 12.8. The lowest BCUT2D eigenvalue weighted by Crippen LogP contribution is -2.32. The minimum absolute atomic E-state index is 0.370. The Hall–Kier alpha value is -3.91. The summed E-state index contributed by atoms with van der Waals surface area (Å²) < 4.78 is 15.7. The molecule has 0 radical (unpaired) electrons. The molecule has 0 saturated carbocycles. The van der Waals surface area contributed by atoms with Crippen molar-refractivity contribution in [3.8, 4) is 27.6 Å². The van der Waals surface area contributed by atoms with Gasteiger partial charge in [-0.1, -0.05) is 18.2 Å². The molecule has 0 fully saturated rings. The number of hydrogen-bond acceptors (Lipinski definition) is 8. The summed E-state index contributed by atoms with van der Waals surface area (Å²) in [6, 6.07) is 15.6. The van der Waals surface area contributed by atoms with Crippen molar-refractivity contribution in [3.05, 3.63) is 82.0 Å². The van der Waals surface area contributed by atoms with E-state index in [0.29, 0.717) is 29.1 Å². The number of allylic oxidation sites excluding steroid dienone is 2. The van der Waals surface area contributed by atoms with Gasteiger partial charge in [0.05, 0.1) is 43.6 Å². The summed E-state index contributed by atoms with van der Waals surface area (Å²) in [6.07, 6.45) is 0. The van der Waals surface area contributed by atoms with Crippen LogP contribution in [-0.4, -0.2) is 37.7 Å². The molecule has 0 bridgehead atoms. The van der Waals surface area contributed by atoms with E-state index in [2.05, 4.69) is 5.32 Å². The molecule has 0 spiro atoms. The fourth-order valence-corrected chi connectivity index (χ4v) is 5.19. The number of dihydropyridines is 1.